The van der Waals surface area contributed by atoms with E-state index in [1.54, 1.807) is 42.5 Å². The van der Waals surface area contributed by atoms with Gasteiger partial charge in [-0.25, -0.2) is 4.79 Å². The predicted octanol–water partition coefficient (Wildman–Crippen LogP) is 4.18. The molecular formula is C23H21NO5. The van der Waals surface area contributed by atoms with Gasteiger partial charge >= 0.3 is 5.97 Å². The molecule has 29 heavy (non-hydrogen) atoms. The highest BCUT2D eigenvalue weighted by molar-refractivity contribution is 6.04. The van der Waals surface area contributed by atoms with Crippen molar-refractivity contribution in [2.45, 2.75) is 0 Å². The molecule has 0 unspecified atom stereocenters. The van der Waals surface area contributed by atoms with E-state index in [4.69, 9.17) is 9.47 Å². The monoisotopic (exact) mass is 391 g/mol. The number of hydrogen-bond acceptors (Lipinski definition) is 5. The Balaban J connectivity index is 1.52. The molecule has 148 valence electrons. The Bertz CT molecular complexity index is 955. The summed E-state index contributed by atoms with van der Waals surface area (Å²) in [6.07, 6.45) is 0. The highest BCUT2D eigenvalue weighted by Gasteiger charge is 2.09. The zero-order chi connectivity index (χ0) is 20.5. The van der Waals surface area contributed by atoms with E-state index in [2.05, 4.69) is 10.1 Å². The summed E-state index contributed by atoms with van der Waals surface area (Å²) in [7, 11) is 1.31. The number of rotatable bonds is 8. The highest BCUT2D eigenvalue weighted by Crippen LogP contribution is 2.18. The van der Waals surface area contributed by atoms with Crippen LogP contribution in [0.4, 0.5) is 5.69 Å². The Labute approximate surface area is 169 Å². The van der Waals surface area contributed by atoms with Gasteiger partial charge in [0.2, 0.25) is 0 Å². The van der Waals surface area contributed by atoms with Crippen LogP contribution in [-0.4, -0.2) is 32.2 Å². The average Bonchev–Trinajstić information content (AvgIpc) is 2.77. The van der Waals surface area contributed by atoms with Gasteiger partial charge in [0.1, 0.15) is 24.7 Å². The molecule has 1 amide bonds. The van der Waals surface area contributed by atoms with Crippen LogP contribution in [0.15, 0.2) is 78.9 Å². The number of anilines is 1. The summed E-state index contributed by atoms with van der Waals surface area (Å²) in [5, 5.41) is 2.81. The lowest BCUT2D eigenvalue weighted by atomic mass is 10.1. The fraction of sp³-hybridized carbons (Fsp3) is 0.130. The number of carbonyl (C=O) groups excluding carboxylic acids is 2. The maximum atomic E-state index is 12.4. The summed E-state index contributed by atoms with van der Waals surface area (Å²) >= 11 is 0. The van der Waals surface area contributed by atoms with Crippen molar-refractivity contribution in [2.75, 3.05) is 25.6 Å². The number of ether oxygens (including phenoxy) is 3. The second kappa shape index (κ2) is 9.94. The van der Waals surface area contributed by atoms with Gasteiger partial charge in [-0.15, -0.1) is 0 Å². The van der Waals surface area contributed by atoms with Crippen molar-refractivity contribution in [3.05, 3.63) is 90.0 Å². The molecule has 6 nitrogen and oxygen atoms in total. The number of esters is 1. The molecule has 0 fully saturated rings. The Kier molecular flexibility index (Phi) is 6.84. The fourth-order valence-corrected chi connectivity index (χ4v) is 2.58. The lowest BCUT2D eigenvalue weighted by Gasteiger charge is -2.10. The summed E-state index contributed by atoms with van der Waals surface area (Å²) in [6.45, 7) is 0.786. The highest BCUT2D eigenvalue weighted by atomic mass is 16.5. The average molecular weight is 391 g/mol. The predicted molar refractivity (Wildman–Crippen MR) is 110 cm³/mol. The second-order valence-corrected chi connectivity index (χ2v) is 6.06. The van der Waals surface area contributed by atoms with Gasteiger partial charge in [0, 0.05) is 17.3 Å². The first-order chi connectivity index (χ1) is 14.2. The largest absolute Gasteiger partial charge is 0.490 e. The first kappa shape index (κ1) is 19.9. The normalized spacial score (nSPS) is 10.1. The standard InChI is InChI=1S/C23H21NO5/c1-27-23(26)18-12-10-17(11-13-18)22(25)24-19-6-5-9-21(16-19)29-15-14-28-20-7-3-2-4-8-20/h2-13,16H,14-15H2,1H3,(H,24,25). The smallest absolute Gasteiger partial charge is 0.337 e. The van der Waals surface area contributed by atoms with E-state index < -0.39 is 5.97 Å². The van der Waals surface area contributed by atoms with Crippen LogP contribution >= 0.6 is 0 Å². The molecule has 0 heterocycles. The third-order valence-electron chi connectivity index (χ3n) is 4.02. The Morgan fingerprint density at radius 3 is 2.07 bits per heavy atom. The molecule has 1 N–H and O–H groups in total. The van der Waals surface area contributed by atoms with E-state index in [1.807, 2.05) is 36.4 Å². The molecule has 0 bridgehead atoms. The lowest BCUT2D eigenvalue weighted by molar-refractivity contribution is 0.0600. The van der Waals surface area contributed by atoms with Crippen molar-refractivity contribution in [3.8, 4) is 11.5 Å². The van der Waals surface area contributed by atoms with E-state index in [0.717, 1.165) is 5.75 Å². The summed E-state index contributed by atoms with van der Waals surface area (Å²) in [6, 6.07) is 22.9. The lowest BCUT2D eigenvalue weighted by Crippen LogP contribution is -2.13. The minimum absolute atomic E-state index is 0.286. The number of hydrogen-bond donors (Lipinski definition) is 1. The summed E-state index contributed by atoms with van der Waals surface area (Å²) in [4.78, 5) is 23.9. The van der Waals surface area contributed by atoms with E-state index in [1.165, 1.54) is 7.11 Å². The first-order valence-corrected chi connectivity index (χ1v) is 9.06. The minimum atomic E-state index is -0.446. The van der Waals surface area contributed by atoms with Crippen LogP contribution in [0.25, 0.3) is 0 Å². The molecule has 0 aliphatic rings. The van der Waals surface area contributed by atoms with E-state index in [-0.39, 0.29) is 5.91 Å². The van der Waals surface area contributed by atoms with Crippen LogP contribution in [0.5, 0.6) is 11.5 Å². The third-order valence-corrected chi connectivity index (χ3v) is 4.02. The molecular weight excluding hydrogens is 370 g/mol. The molecule has 0 aromatic heterocycles. The van der Waals surface area contributed by atoms with E-state index in [0.29, 0.717) is 35.8 Å². The van der Waals surface area contributed by atoms with Crippen molar-refractivity contribution in [1.29, 1.82) is 0 Å². The van der Waals surface area contributed by atoms with Crippen LogP contribution in [0, 0.1) is 0 Å². The molecule has 0 saturated heterocycles. The Morgan fingerprint density at radius 2 is 1.38 bits per heavy atom. The number of methoxy groups -OCH3 is 1. The maximum absolute atomic E-state index is 12.4. The first-order valence-electron chi connectivity index (χ1n) is 9.06. The number of benzene rings is 3. The van der Waals surface area contributed by atoms with E-state index >= 15 is 0 Å². The Morgan fingerprint density at radius 1 is 0.759 bits per heavy atom. The van der Waals surface area contributed by atoms with Crippen LogP contribution in [0.3, 0.4) is 0 Å². The van der Waals surface area contributed by atoms with Crippen LogP contribution in [0.1, 0.15) is 20.7 Å². The number of para-hydroxylation sites is 1. The van der Waals surface area contributed by atoms with Gasteiger partial charge in [0.15, 0.2) is 0 Å². The molecule has 3 aromatic rings. The SMILES string of the molecule is COC(=O)c1ccc(C(=O)Nc2cccc(OCCOc3ccccc3)c2)cc1. The molecule has 0 saturated carbocycles. The Hall–Kier alpha value is -3.80. The molecule has 0 atom stereocenters. The molecule has 6 heteroatoms. The van der Waals surface area contributed by atoms with Crippen molar-refractivity contribution >= 4 is 17.6 Å². The minimum Gasteiger partial charge on any atom is -0.490 e. The topological polar surface area (TPSA) is 73.9 Å². The van der Waals surface area contributed by atoms with Gasteiger partial charge in [-0.3, -0.25) is 4.79 Å². The molecule has 3 aromatic carbocycles. The zero-order valence-corrected chi connectivity index (χ0v) is 16.0. The van der Waals surface area contributed by atoms with E-state index in [9.17, 15) is 9.59 Å². The second-order valence-electron chi connectivity index (χ2n) is 6.06. The number of nitrogens with one attached hydrogen (secondary N) is 1. The number of carbonyl (C=O) groups is 2. The van der Waals surface area contributed by atoms with Crippen molar-refractivity contribution < 1.29 is 23.8 Å². The quantitative estimate of drug-likeness (QED) is 0.461. The van der Waals surface area contributed by atoms with Gasteiger partial charge in [-0.2, -0.15) is 0 Å². The molecule has 0 aliphatic heterocycles. The fourth-order valence-electron chi connectivity index (χ4n) is 2.58. The number of amides is 1. The summed E-state index contributed by atoms with van der Waals surface area (Å²) < 4.78 is 15.9. The van der Waals surface area contributed by atoms with Crippen LogP contribution < -0.4 is 14.8 Å². The zero-order valence-electron chi connectivity index (χ0n) is 16.0. The van der Waals surface area contributed by atoms with Crippen LogP contribution in [0.2, 0.25) is 0 Å². The molecule has 0 aliphatic carbocycles. The summed E-state index contributed by atoms with van der Waals surface area (Å²) in [5.41, 5.74) is 1.42. The van der Waals surface area contributed by atoms with Gasteiger partial charge in [0.05, 0.1) is 12.7 Å². The van der Waals surface area contributed by atoms with Crippen molar-refractivity contribution in [2.24, 2.45) is 0 Å². The van der Waals surface area contributed by atoms with Gasteiger partial charge in [-0.1, -0.05) is 24.3 Å². The molecule has 3 rings (SSSR count). The van der Waals surface area contributed by atoms with Crippen LogP contribution in [-0.2, 0) is 4.74 Å². The molecule has 0 radical (unpaired) electrons. The van der Waals surface area contributed by atoms with Gasteiger partial charge < -0.3 is 19.5 Å². The van der Waals surface area contributed by atoms with Crippen molar-refractivity contribution in [3.63, 3.8) is 0 Å². The summed E-state index contributed by atoms with van der Waals surface area (Å²) in [5.74, 6) is 0.680. The molecule has 0 spiro atoms. The van der Waals surface area contributed by atoms with Gasteiger partial charge in [0.25, 0.3) is 5.91 Å². The van der Waals surface area contributed by atoms with Gasteiger partial charge in [-0.05, 0) is 48.5 Å². The third kappa shape index (κ3) is 5.84. The van der Waals surface area contributed by atoms with Crippen molar-refractivity contribution in [1.82, 2.24) is 0 Å². The maximum Gasteiger partial charge on any atom is 0.337 e.